The van der Waals surface area contributed by atoms with Crippen molar-refractivity contribution in [3.05, 3.63) is 0 Å². The summed E-state index contributed by atoms with van der Waals surface area (Å²) in [7, 11) is 0. The smallest absolute Gasteiger partial charge is 0.303 e. The first kappa shape index (κ1) is 10.4. The van der Waals surface area contributed by atoms with Gasteiger partial charge in [0, 0.05) is 12.5 Å². The molecule has 0 unspecified atom stereocenters. The van der Waals surface area contributed by atoms with E-state index in [1.807, 2.05) is 0 Å². The molecule has 0 aliphatic heterocycles. The molecule has 3 nitrogen and oxygen atoms in total. The number of hydrogen-bond donors (Lipinski definition) is 2. The highest BCUT2D eigenvalue weighted by Crippen LogP contribution is 1.93. The molecule has 0 bridgehead atoms. The van der Waals surface area contributed by atoms with Gasteiger partial charge in [-0.1, -0.05) is 13.8 Å². The van der Waals surface area contributed by atoms with E-state index < -0.39 is 5.97 Å². The van der Waals surface area contributed by atoms with E-state index in [0.29, 0.717) is 12.5 Å². The molecule has 0 spiro atoms. The molecule has 0 saturated carbocycles. The number of carbonyl (C=O) groups is 1. The fraction of sp³-hybridized carbons (Fsp3) is 0.875. The standard InChI is InChI=1S/C8H17NO2/c1-7(2)9-6-4-3-5-8(10)11/h7,9H,3-6H2,1-2H3,(H,10,11). The van der Waals surface area contributed by atoms with Crippen LogP contribution in [0.15, 0.2) is 0 Å². The zero-order valence-electron chi connectivity index (χ0n) is 7.26. The van der Waals surface area contributed by atoms with Gasteiger partial charge in [0.2, 0.25) is 0 Å². The molecule has 0 heterocycles. The summed E-state index contributed by atoms with van der Waals surface area (Å²) < 4.78 is 0. The van der Waals surface area contributed by atoms with Crippen LogP contribution in [0, 0.1) is 0 Å². The number of hydrogen-bond acceptors (Lipinski definition) is 2. The van der Waals surface area contributed by atoms with E-state index >= 15 is 0 Å². The lowest BCUT2D eigenvalue weighted by molar-refractivity contribution is -0.137. The van der Waals surface area contributed by atoms with E-state index in [0.717, 1.165) is 19.4 Å². The average molecular weight is 159 g/mol. The molecule has 66 valence electrons. The molecule has 0 rings (SSSR count). The SMILES string of the molecule is CC(C)NCCCCC(=O)O. The molecule has 11 heavy (non-hydrogen) atoms. The van der Waals surface area contributed by atoms with Crippen LogP contribution >= 0.6 is 0 Å². The van der Waals surface area contributed by atoms with Crippen LogP contribution in [0.4, 0.5) is 0 Å². The molecular weight excluding hydrogens is 142 g/mol. The summed E-state index contributed by atoms with van der Waals surface area (Å²) in [6.45, 7) is 5.08. The van der Waals surface area contributed by atoms with Crippen molar-refractivity contribution in [2.45, 2.75) is 39.2 Å². The maximum Gasteiger partial charge on any atom is 0.303 e. The molecule has 0 aromatic heterocycles. The lowest BCUT2D eigenvalue weighted by Gasteiger charge is -2.06. The van der Waals surface area contributed by atoms with E-state index in [9.17, 15) is 4.79 Å². The first-order valence-electron chi connectivity index (χ1n) is 4.08. The summed E-state index contributed by atoms with van der Waals surface area (Å²) >= 11 is 0. The fourth-order valence-electron chi connectivity index (χ4n) is 0.792. The van der Waals surface area contributed by atoms with Crippen LogP contribution in [0.1, 0.15) is 33.1 Å². The van der Waals surface area contributed by atoms with Crippen molar-refractivity contribution in [1.82, 2.24) is 5.32 Å². The second kappa shape index (κ2) is 6.16. The molecule has 0 amide bonds. The average Bonchev–Trinajstić information content (AvgIpc) is 1.85. The summed E-state index contributed by atoms with van der Waals surface area (Å²) in [6.07, 6.45) is 2.01. The van der Waals surface area contributed by atoms with Crippen LogP contribution in [0.3, 0.4) is 0 Å². The Balaban J connectivity index is 2.97. The quantitative estimate of drug-likeness (QED) is 0.573. The molecule has 0 atom stereocenters. The highest BCUT2D eigenvalue weighted by molar-refractivity contribution is 5.66. The number of nitrogens with one attached hydrogen (secondary N) is 1. The number of carboxylic acid groups (broad SMARTS) is 1. The van der Waals surface area contributed by atoms with Crippen molar-refractivity contribution in [2.75, 3.05) is 6.54 Å². The van der Waals surface area contributed by atoms with E-state index in [2.05, 4.69) is 19.2 Å². The first-order chi connectivity index (χ1) is 5.13. The molecule has 0 aromatic rings. The summed E-state index contributed by atoms with van der Waals surface area (Å²) in [4.78, 5) is 10.1. The predicted molar refractivity (Wildman–Crippen MR) is 44.6 cm³/mol. The predicted octanol–water partition coefficient (Wildman–Crippen LogP) is 1.24. The third kappa shape index (κ3) is 9.43. The van der Waals surface area contributed by atoms with Crippen LogP contribution < -0.4 is 5.32 Å². The molecular formula is C8H17NO2. The minimum atomic E-state index is -0.699. The van der Waals surface area contributed by atoms with Gasteiger partial charge in [-0.05, 0) is 19.4 Å². The monoisotopic (exact) mass is 159 g/mol. The Hall–Kier alpha value is -0.570. The molecule has 0 aliphatic rings. The van der Waals surface area contributed by atoms with Gasteiger partial charge in [-0.2, -0.15) is 0 Å². The maximum absolute atomic E-state index is 10.1. The highest BCUT2D eigenvalue weighted by Gasteiger charge is 1.96. The topological polar surface area (TPSA) is 49.3 Å². The lowest BCUT2D eigenvalue weighted by Crippen LogP contribution is -2.23. The van der Waals surface area contributed by atoms with Gasteiger partial charge in [0.15, 0.2) is 0 Å². The normalized spacial score (nSPS) is 10.5. The van der Waals surface area contributed by atoms with Crippen LogP contribution in [-0.4, -0.2) is 23.7 Å². The van der Waals surface area contributed by atoms with Gasteiger partial charge in [0.05, 0.1) is 0 Å². The third-order valence-corrected chi connectivity index (χ3v) is 1.37. The van der Waals surface area contributed by atoms with Crippen molar-refractivity contribution < 1.29 is 9.90 Å². The number of rotatable bonds is 6. The van der Waals surface area contributed by atoms with E-state index in [1.54, 1.807) is 0 Å². The van der Waals surface area contributed by atoms with Gasteiger partial charge in [-0.3, -0.25) is 4.79 Å². The Morgan fingerprint density at radius 2 is 2.09 bits per heavy atom. The molecule has 0 saturated heterocycles. The Kier molecular flexibility index (Phi) is 5.84. The second-order valence-corrected chi connectivity index (χ2v) is 2.96. The maximum atomic E-state index is 10.1. The van der Waals surface area contributed by atoms with Gasteiger partial charge in [0.1, 0.15) is 0 Å². The lowest BCUT2D eigenvalue weighted by atomic mass is 10.2. The Labute approximate surface area is 67.8 Å². The molecule has 0 radical (unpaired) electrons. The Morgan fingerprint density at radius 3 is 2.55 bits per heavy atom. The van der Waals surface area contributed by atoms with Gasteiger partial charge >= 0.3 is 5.97 Å². The molecule has 0 aliphatic carbocycles. The van der Waals surface area contributed by atoms with Crippen LogP contribution in [-0.2, 0) is 4.79 Å². The second-order valence-electron chi connectivity index (χ2n) is 2.96. The van der Waals surface area contributed by atoms with Crippen LogP contribution in [0.25, 0.3) is 0 Å². The summed E-state index contributed by atoms with van der Waals surface area (Å²) in [5, 5.41) is 11.5. The van der Waals surface area contributed by atoms with Crippen molar-refractivity contribution in [2.24, 2.45) is 0 Å². The first-order valence-corrected chi connectivity index (χ1v) is 4.08. The van der Waals surface area contributed by atoms with Crippen molar-refractivity contribution in [3.63, 3.8) is 0 Å². The molecule has 0 aromatic carbocycles. The van der Waals surface area contributed by atoms with Crippen LogP contribution in [0.5, 0.6) is 0 Å². The minimum absolute atomic E-state index is 0.291. The third-order valence-electron chi connectivity index (χ3n) is 1.37. The van der Waals surface area contributed by atoms with E-state index in [1.165, 1.54) is 0 Å². The van der Waals surface area contributed by atoms with Gasteiger partial charge < -0.3 is 10.4 Å². The zero-order chi connectivity index (χ0) is 8.69. The number of unbranched alkanes of at least 4 members (excludes halogenated alkanes) is 1. The molecule has 0 fully saturated rings. The van der Waals surface area contributed by atoms with Crippen LogP contribution in [0.2, 0.25) is 0 Å². The van der Waals surface area contributed by atoms with Crippen molar-refractivity contribution in [1.29, 1.82) is 0 Å². The summed E-state index contributed by atoms with van der Waals surface area (Å²) in [5.74, 6) is -0.699. The fourth-order valence-corrected chi connectivity index (χ4v) is 0.792. The number of aliphatic carboxylic acids is 1. The number of carboxylic acids is 1. The van der Waals surface area contributed by atoms with E-state index in [4.69, 9.17) is 5.11 Å². The highest BCUT2D eigenvalue weighted by atomic mass is 16.4. The van der Waals surface area contributed by atoms with E-state index in [-0.39, 0.29) is 0 Å². The summed E-state index contributed by atoms with van der Waals surface area (Å²) in [5.41, 5.74) is 0. The summed E-state index contributed by atoms with van der Waals surface area (Å²) in [6, 6.07) is 0.500. The van der Waals surface area contributed by atoms with Crippen molar-refractivity contribution in [3.8, 4) is 0 Å². The van der Waals surface area contributed by atoms with Gasteiger partial charge in [0.25, 0.3) is 0 Å². The Morgan fingerprint density at radius 1 is 1.45 bits per heavy atom. The molecule has 2 N–H and O–H groups in total. The van der Waals surface area contributed by atoms with Gasteiger partial charge in [-0.25, -0.2) is 0 Å². The van der Waals surface area contributed by atoms with Gasteiger partial charge in [-0.15, -0.1) is 0 Å². The largest absolute Gasteiger partial charge is 0.481 e. The molecule has 3 heteroatoms. The zero-order valence-corrected chi connectivity index (χ0v) is 7.26. The van der Waals surface area contributed by atoms with Crippen molar-refractivity contribution >= 4 is 5.97 Å². The minimum Gasteiger partial charge on any atom is -0.481 e. The Bertz CT molecular complexity index is 113.